The molecule has 0 aliphatic carbocycles. The maximum Gasteiger partial charge on any atom is 0.144 e. The molecule has 92 valence electrons. The molecule has 1 N–H and O–H groups in total. The molecule has 1 aromatic rings. The lowest BCUT2D eigenvalue weighted by atomic mass is 10.0. The first kappa shape index (κ1) is 13.5. The van der Waals surface area contributed by atoms with Gasteiger partial charge in [-0.25, -0.2) is 4.98 Å². The van der Waals surface area contributed by atoms with Crippen LogP contribution in [0.3, 0.4) is 0 Å². The second-order valence-electron chi connectivity index (χ2n) is 4.98. The summed E-state index contributed by atoms with van der Waals surface area (Å²) in [5.41, 5.74) is 1.63. The van der Waals surface area contributed by atoms with Gasteiger partial charge in [-0.15, -0.1) is 0 Å². The number of hydrogen-bond acceptors (Lipinski definition) is 3. The fourth-order valence-electron chi connectivity index (χ4n) is 1.70. The van der Waals surface area contributed by atoms with E-state index in [0.717, 1.165) is 12.0 Å². The molecule has 0 fully saturated rings. The van der Waals surface area contributed by atoms with Crippen LogP contribution in [0.5, 0.6) is 0 Å². The molecule has 0 radical (unpaired) electrons. The molecule has 0 amide bonds. The van der Waals surface area contributed by atoms with Crippen molar-refractivity contribution in [3.63, 3.8) is 0 Å². The van der Waals surface area contributed by atoms with Gasteiger partial charge < -0.3 is 5.32 Å². The van der Waals surface area contributed by atoms with Crippen LogP contribution in [-0.4, -0.2) is 11.0 Å². The Morgan fingerprint density at radius 2 is 2.06 bits per heavy atom. The molecule has 1 aromatic heterocycles. The Kier molecular flexibility index (Phi) is 4.96. The SMILES string of the molecule is Cc1ccnc(NC(C)CCC(C)C)c1C#N. The molecule has 0 saturated carbocycles. The third kappa shape index (κ3) is 4.07. The first-order valence-corrected chi connectivity index (χ1v) is 6.16. The van der Waals surface area contributed by atoms with Gasteiger partial charge in [0.1, 0.15) is 11.9 Å². The van der Waals surface area contributed by atoms with E-state index in [2.05, 4.69) is 37.1 Å². The number of anilines is 1. The van der Waals surface area contributed by atoms with Crippen LogP contribution >= 0.6 is 0 Å². The van der Waals surface area contributed by atoms with Gasteiger partial charge in [-0.05, 0) is 44.2 Å². The molecule has 1 atom stereocenters. The Bertz CT molecular complexity index is 404. The zero-order chi connectivity index (χ0) is 12.8. The van der Waals surface area contributed by atoms with Crippen molar-refractivity contribution in [1.82, 2.24) is 4.98 Å². The molecule has 0 aliphatic heterocycles. The molecule has 17 heavy (non-hydrogen) atoms. The lowest BCUT2D eigenvalue weighted by Crippen LogP contribution is -2.17. The zero-order valence-corrected chi connectivity index (χ0v) is 11.1. The average Bonchev–Trinajstić information content (AvgIpc) is 2.27. The van der Waals surface area contributed by atoms with E-state index in [0.29, 0.717) is 23.3 Å². The minimum Gasteiger partial charge on any atom is -0.367 e. The van der Waals surface area contributed by atoms with Gasteiger partial charge >= 0.3 is 0 Å². The molecule has 0 bridgehead atoms. The molecule has 0 aromatic carbocycles. The summed E-state index contributed by atoms with van der Waals surface area (Å²) in [5.74, 6) is 1.42. The topological polar surface area (TPSA) is 48.7 Å². The van der Waals surface area contributed by atoms with E-state index in [1.54, 1.807) is 6.20 Å². The number of pyridine rings is 1. The maximum absolute atomic E-state index is 9.10. The Morgan fingerprint density at radius 3 is 2.65 bits per heavy atom. The molecule has 0 saturated heterocycles. The van der Waals surface area contributed by atoms with E-state index in [9.17, 15) is 0 Å². The first-order valence-electron chi connectivity index (χ1n) is 6.16. The zero-order valence-electron chi connectivity index (χ0n) is 11.1. The fourth-order valence-corrected chi connectivity index (χ4v) is 1.70. The number of nitrogens with zero attached hydrogens (tertiary/aromatic N) is 2. The van der Waals surface area contributed by atoms with E-state index in [1.807, 2.05) is 13.0 Å². The van der Waals surface area contributed by atoms with Crippen LogP contribution in [0.1, 0.15) is 44.7 Å². The fraction of sp³-hybridized carbons (Fsp3) is 0.571. The highest BCUT2D eigenvalue weighted by molar-refractivity contribution is 5.55. The molecule has 0 aliphatic rings. The van der Waals surface area contributed by atoms with Gasteiger partial charge in [0.05, 0.1) is 5.56 Å². The number of rotatable bonds is 5. The minimum absolute atomic E-state index is 0.346. The van der Waals surface area contributed by atoms with Crippen LogP contribution < -0.4 is 5.32 Å². The van der Waals surface area contributed by atoms with Gasteiger partial charge in [-0.3, -0.25) is 0 Å². The van der Waals surface area contributed by atoms with Crippen LogP contribution in [0.15, 0.2) is 12.3 Å². The first-order chi connectivity index (χ1) is 8.04. The van der Waals surface area contributed by atoms with Crippen LogP contribution in [0.25, 0.3) is 0 Å². The van der Waals surface area contributed by atoms with Crippen molar-refractivity contribution in [3.05, 3.63) is 23.4 Å². The predicted molar refractivity (Wildman–Crippen MR) is 70.8 cm³/mol. The lowest BCUT2D eigenvalue weighted by molar-refractivity contribution is 0.527. The Morgan fingerprint density at radius 1 is 1.35 bits per heavy atom. The summed E-state index contributed by atoms with van der Waals surface area (Å²) in [6.07, 6.45) is 4.02. The van der Waals surface area contributed by atoms with Gasteiger partial charge in [0.2, 0.25) is 0 Å². The van der Waals surface area contributed by atoms with Crippen molar-refractivity contribution >= 4 is 5.82 Å². The molecule has 0 spiro atoms. The van der Waals surface area contributed by atoms with Gasteiger partial charge in [-0.2, -0.15) is 5.26 Å². The van der Waals surface area contributed by atoms with Crippen molar-refractivity contribution in [2.45, 2.75) is 46.6 Å². The number of nitrogens with one attached hydrogen (secondary N) is 1. The minimum atomic E-state index is 0.346. The second kappa shape index (κ2) is 6.24. The molecule has 1 rings (SSSR count). The van der Waals surface area contributed by atoms with Crippen molar-refractivity contribution in [1.29, 1.82) is 5.26 Å². The van der Waals surface area contributed by atoms with Crippen molar-refractivity contribution in [2.24, 2.45) is 5.92 Å². The summed E-state index contributed by atoms with van der Waals surface area (Å²) in [6.45, 7) is 8.51. The summed E-state index contributed by atoms with van der Waals surface area (Å²) in [4.78, 5) is 4.24. The third-order valence-corrected chi connectivity index (χ3v) is 2.83. The van der Waals surface area contributed by atoms with Crippen LogP contribution in [0.2, 0.25) is 0 Å². The summed E-state index contributed by atoms with van der Waals surface area (Å²) in [6, 6.07) is 4.42. The highest BCUT2D eigenvalue weighted by Crippen LogP contribution is 2.17. The van der Waals surface area contributed by atoms with Crippen LogP contribution in [0, 0.1) is 24.2 Å². The van der Waals surface area contributed by atoms with Crippen molar-refractivity contribution in [2.75, 3.05) is 5.32 Å². The smallest absolute Gasteiger partial charge is 0.144 e. The summed E-state index contributed by atoms with van der Waals surface area (Å²) in [5, 5.41) is 12.4. The number of aromatic nitrogens is 1. The Labute approximate surface area is 104 Å². The number of nitriles is 1. The van der Waals surface area contributed by atoms with Gasteiger partial charge in [-0.1, -0.05) is 13.8 Å². The Balaban J connectivity index is 2.69. The van der Waals surface area contributed by atoms with E-state index in [1.165, 1.54) is 6.42 Å². The van der Waals surface area contributed by atoms with Crippen LogP contribution in [-0.2, 0) is 0 Å². The average molecular weight is 231 g/mol. The van der Waals surface area contributed by atoms with E-state index >= 15 is 0 Å². The number of hydrogen-bond donors (Lipinski definition) is 1. The van der Waals surface area contributed by atoms with E-state index in [-0.39, 0.29) is 0 Å². The second-order valence-corrected chi connectivity index (χ2v) is 4.98. The molecule has 1 heterocycles. The lowest BCUT2D eigenvalue weighted by Gasteiger charge is -2.16. The molecule has 1 unspecified atom stereocenters. The summed E-state index contributed by atoms with van der Waals surface area (Å²) >= 11 is 0. The summed E-state index contributed by atoms with van der Waals surface area (Å²) in [7, 11) is 0. The van der Waals surface area contributed by atoms with Crippen molar-refractivity contribution in [3.8, 4) is 6.07 Å². The Hall–Kier alpha value is -1.56. The quantitative estimate of drug-likeness (QED) is 0.843. The monoisotopic (exact) mass is 231 g/mol. The molecule has 3 nitrogen and oxygen atoms in total. The maximum atomic E-state index is 9.10. The highest BCUT2D eigenvalue weighted by atomic mass is 15.0. The molecular formula is C14H21N3. The normalized spacial score (nSPS) is 12.2. The summed E-state index contributed by atoms with van der Waals surface area (Å²) < 4.78 is 0. The third-order valence-electron chi connectivity index (χ3n) is 2.83. The van der Waals surface area contributed by atoms with Crippen LogP contribution in [0.4, 0.5) is 5.82 Å². The largest absolute Gasteiger partial charge is 0.367 e. The standard InChI is InChI=1S/C14H21N3/c1-10(2)5-6-12(4)17-14-13(9-15)11(3)7-8-16-14/h7-8,10,12H,5-6H2,1-4H3,(H,16,17). The van der Waals surface area contributed by atoms with Gasteiger partial charge in [0.15, 0.2) is 0 Å². The van der Waals surface area contributed by atoms with E-state index < -0.39 is 0 Å². The number of aryl methyl sites for hydroxylation is 1. The highest BCUT2D eigenvalue weighted by Gasteiger charge is 2.09. The molecule has 3 heteroatoms. The van der Waals surface area contributed by atoms with E-state index in [4.69, 9.17) is 5.26 Å². The molecular weight excluding hydrogens is 210 g/mol. The van der Waals surface area contributed by atoms with Gasteiger partial charge in [0.25, 0.3) is 0 Å². The van der Waals surface area contributed by atoms with Gasteiger partial charge in [0, 0.05) is 12.2 Å². The van der Waals surface area contributed by atoms with Crippen molar-refractivity contribution < 1.29 is 0 Å². The predicted octanol–water partition coefficient (Wildman–Crippen LogP) is 3.50.